The molecule has 0 heterocycles. The van der Waals surface area contributed by atoms with E-state index >= 15 is 0 Å². The summed E-state index contributed by atoms with van der Waals surface area (Å²) < 4.78 is 11.3. The number of anilines is 1. The van der Waals surface area contributed by atoms with Crippen LogP contribution in [0.2, 0.25) is 0 Å². The highest BCUT2D eigenvalue weighted by atomic mass is 16.5. The maximum atomic E-state index is 12.5. The molecule has 0 aliphatic rings. The lowest BCUT2D eigenvalue weighted by atomic mass is 10.1. The van der Waals surface area contributed by atoms with Gasteiger partial charge < -0.3 is 14.8 Å². The number of hydrogen-bond donors (Lipinski definition) is 1. The lowest BCUT2D eigenvalue weighted by molar-refractivity contribution is -0.112. The SMILES string of the molecule is COc1cc(/C=C(\C#N)C(=O)Nc2ccc(C)cc2)ccc1OCc1ccccc1. The number of amides is 1. The van der Waals surface area contributed by atoms with Crippen molar-refractivity contribution in [3.8, 4) is 17.6 Å². The first-order valence-corrected chi connectivity index (χ1v) is 9.43. The van der Waals surface area contributed by atoms with E-state index < -0.39 is 5.91 Å². The third-order valence-corrected chi connectivity index (χ3v) is 4.41. The molecule has 3 aromatic carbocycles. The van der Waals surface area contributed by atoms with E-state index in [1.807, 2.05) is 55.5 Å². The number of benzene rings is 3. The van der Waals surface area contributed by atoms with Crippen molar-refractivity contribution in [3.05, 3.63) is 95.1 Å². The highest BCUT2D eigenvalue weighted by Gasteiger charge is 2.11. The maximum absolute atomic E-state index is 12.5. The van der Waals surface area contributed by atoms with E-state index in [0.717, 1.165) is 11.1 Å². The molecule has 0 bridgehead atoms. The van der Waals surface area contributed by atoms with Crippen molar-refractivity contribution in [2.45, 2.75) is 13.5 Å². The Bertz CT molecular complexity index is 1080. The molecule has 1 amide bonds. The summed E-state index contributed by atoms with van der Waals surface area (Å²) in [4.78, 5) is 12.5. The van der Waals surface area contributed by atoms with E-state index in [4.69, 9.17) is 9.47 Å². The van der Waals surface area contributed by atoms with Crippen LogP contribution in [0.25, 0.3) is 6.08 Å². The number of carbonyl (C=O) groups excluding carboxylic acids is 1. The van der Waals surface area contributed by atoms with Crippen LogP contribution in [0, 0.1) is 18.3 Å². The van der Waals surface area contributed by atoms with Gasteiger partial charge in [0.15, 0.2) is 11.5 Å². The molecule has 30 heavy (non-hydrogen) atoms. The first kappa shape index (κ1) is 20.7. The summed E-state index contributed by atoms with van der Waals surface area (Å²) in [5.74, 6) is 0.641. The normalized spacial score (nSPS) is 10.8. The maximum Gasteiger partial charge on any atom is 0.266 e. The first-order chi connectivity index (χ1) is 14.6. The number of ether oxygens (including phenoxy) is 2. The van der Waals surface area contributed by atoms with Crippen molar-refractivity contribution in [1.82, 2.24) is 0 Å². The number of nitrogens with one attached hydrogen (secondary N) is 1. The number of carbonyl (C=O) groups is 1. The van der Waals surface area contributed by atoms with Gasteiger partial charge in [-0.15, -0.1) is 0 Å². The highest BCUT2D eigenvalue weighted by molar-refractivity contribution is 6.09. The van der Waals surface area contributed by atoms with Crippen LogP contribution in [0.4, 0.5) is 5.69 Å². The molecule has 0 fully saturated rings. The van der Waals surface area contributed by atoms with Crippen LogP contribution in [0.3, 0.4) is 0 Å². The number of nitriles is 1. The van der Waals surface area contributed by atoms with E-state index in [2.05, 4.69) is 5.32 Å². The van der Waals surface area contributed by atoms with Crippen LogP contribution in [-0.2, 0) is 11.4 Å². The summed E-state index contributed by atoms with van der Waals surface area (Å²) in [6.07, 6.45) is 1.52. The molecule has 0 atom stereocenters. The molecule has 0 saturated carbocycles. The minimum atomic E-state index is -0.468. The lowest BCUT2D eigenvalue weighted by Gasteiger charge is -2.11. The van der Waals surface area contributed by atoms with Gasteiger partial charge in [-0.3, -0.25) is 4.79 Å². The molecule has 150 valence electrons. The summed E-state index contributed by atoms with van der Waals surface area (Å²) >= 11 is 0. The summed E-state index contributed by atoms with van der Waals surface area (Å²) in [6.45, 7) is 2.38. The van der Waals surface area contributed by atoms with Crippen molar-refractivity contribution >= 4 is 17.7 Å². The Kier molecular flexibility index (Phi) is 6.86. The molecule has 1 N–H and O–H groups in total. The lowest BCUT2D eigenvalue weighted by Crippen LogP contribution is -2.13. The molecule has 0 aromatic heterocycles. The molecular formula is C25H22N2O3. The van der Waals surface area contributed by atoms with Crippen molar-refractivity contribution in [1.29, 1.82) is 5.26 Å². The molecule has 3 rings (SSSR count). The molecular weight excluding hydrogens is 376 g/mol. The van der Waals surface area contributed by atoms with Gasteiger partial charge >= 0.3 is 0 Å². The van der Waals surface area contributed by atoms with E-state index in [1.165, 1.54) is 6.08 Å². The van der Waals surface area contributed by atoms with Gasteiger partial charge in [0.25, 0.3) is 5.91 Å². The zero-order valence-electron chi connectivity index (χ0n) is 16.9. The first-order valence-electron chi connectivity index (χ1n) is 9.43. The van der Waals surface area contributed by atoms with Crippen LogP contribution in [0.5, 0.6) is 11.5 Å². The fourth-order valence-corrected chi connectivity index (χ4v) is 2.78. The van der Waals surface area contributed by atoms with Crippen molar-refractivity contribution in [3.63, 3.8) is 0 Å². The van der Waals surface area contributed by atoms with Gasteiger partial charge in [0.1, 0.15) is 18.2 Å². The minimum Gasteiger partial charge on any atom is -0.493 e. The smallest absolute Gasteiger partial charge is 0.266 e. The molecule has 5 nitrogen and oxygen atoms in total. The Morgan fingerprint density at radius 3 is 2.43 bits per heavy atom. The predicted molar refractivity (Wildman–Crippen MR) is 117 cm³/mol. The Hall–Kier alpha value is -4.04. The standard InChI is InChI=1S/C25H22N2O3/c1-18-8-11-22(12-9-18)27-25(28)21(16-26)14-20-10-13-23(24(15-20)29-2)30-17-19-6-4-3-5-7-19/h3-15H,17H2,1-2H3,(H,27,28)/b21-14+. The Morgan fingerprint density at radius 2 is 1.77 bits per heavy atom. The third kappa shape index (κ3) is 5.49. The van der Waals surface area contributed by atoms with Crippen LogP contribution in [0.1, 0.15) is 16.7 Å². The molecule has 0 saturated heterocycles. The average molecular weight is 398 g/mol. The summed E-state index contributed by atoms with van der Waals surface area (Å²) in [7, 11) is 1.55. The highest BCUT2D eigenvalue weighted by Crippen LogP contribution is 2.29. The molecule has 0 aliphatic heterocycles. The van der Waals surface area contributed by atoms with Crippen LogP contribution < -0.4 is 14.8 Å². The second-order valence-electron chi connectivity index (χ2n) is 6.67. The van der Waals surface area contributed by atoms with Crippen molar-refractivity contribution in [2.24, 2.45) is 0 Å². The zero-order chi connectivity index (χ0) is 21.3. The predicted octanol–water partition coefficient (Wildman–Crippen LogP) is 5.13. The number of nitrogens with zero attached hydrogens (tertiary/aromatic N) is 1. The average Bonchev–Trinajstić information content (AvgIpc) is 2.78. The van der Waals surface area contributed by atoms with Gasteiger partial charge in [-0.1, -0.05) is 54.1 Å². The quantitative estimate of drug-likeness (QED) is 0.442. The molecule has 0 spiro atoms. The summed E-state index contributed by atoms with van der Waals surface area (Å²) in [5, 5.41) is 12.2. The Balaban J connectivity index is 1.74. The van der Waals surface area contributed by atoms with Gasteiger partial charge in [0.05, 0.1) is 7.11 Å². The zero-order valence-corrected chi connectivity index (χ0v) is 16.9. The molecule has 0 unspecified atom stereocenters. The monoisotopic (exact) mass is 398 g/mol. The van der Waals surface area contributed by atoms with Crippen LogP contribution in [0.15, 0.2) is 78.4 Å². The fraction of sp³-hybridized carbons (Fsp3) is 0.120. The van der Waals surface area contributed by atoms with Crippen LogP contribution in [-0.4, -0.2) is 13.0 Å². The second-order valence-corrected chi connectivity index (χ2v) is 6.67. The van der Waals surface area contributed by atoms with E-state index in [-0.39, 0.29) is 5.57 Å². The minimum absolute atomic E-state index is 0.00409. The second kappa shape index (κ2) is 9.94. The van der Waals surface area contributed by atoms with Gasteiger partial charge in [0, 0.05) is 5.69 Å². The Labute approximate surface area is 176 Å². The van der Waals surface area contributed by atoms with E-state index in [9.17, 15) is 10.1 Å². The number of methoxy groups -OCH3 is 1. The van der Waals surface area contributed by atoms with E-state index in [1.54, 1.807) is 37.4 Å². The van der Waals surface area contributed by atoms with Gasteiger partial charge in [-0.25, -0.2) is 0 Å². The van der Waals surface area contributed by atoms with Crippen molar-refractivity contribution in [2.75, 3.05) is 12.4 Å². The van der Waals surface area contributed by atoms with Crippen molar-refractivity contribution < 1.29 is 14.3 Å². The summed E-state index contributed by atoms with van der Waals surface area (Å²) in [6, 6.07) is 24.4. The number of aryl methyl sites for hydroxylation is 1. The third-order valence-electron chi connectivity index (χ3n) is 4.41. The molecule has 0 radical (unpaired) electrons. The summed E-state index contributed by atoms with van der Waals surface area (Å²) in [5.41, 5.74) is 3.42. The van der Waals surface area contributed by atoms with Gasteiger partial charge in [-0.2, -0.15) is 5.26 Å². The van der Waals surface area contributed by atoms with Gasteiger partial charge in [-0.05, 0) is 48.4 Å². The number of hydrogen-bond acceptors (Lipinski definition) is 4. The number of rotatable bonds is 7. The van der Waals surface area contributed by atoms with Crippen LogP contribution >= 0.6 is 0 Å². The largest absolute Gasteiger partial charge is 0.493 e. The topological polar surface area (TPSA) is 71.3 Å². The molecule has 5 heteroatoms. The fourth-order valence-electron chi connectivity index (χ4n) is 2.78. The van der Waals surface area contributed by atoms with E-state index in [0.29, 0.717) is 29.4 Å². The van der Waals surface area contributed by atoms with Gasteiger partial charge in [0.2, 0.25) is 0 Å². The Morgan fingerprint density at radius 1 is 1.03 bits per heavy atom. The molecule has 3 aromatic rings. The molecule has 0 aliphatic carbocycles.